The van der Waals surface area contributed by atoms with Gasteiger partial charge in [-0.1, -0.05) is 0 Å². The summed E-state index contributed by atoms with van der Waals surface area (Å²) in [6.07, 6.45) is 0. The number of methoxy groups -OCH3 is 1. The van der Waals surface area contributed by atoms with Gasteiger partial charge >= 0.3 is 11.9 Å². The predicted molar refractivity (Wildman–Crippen MR) is 98.5 cm³/mol. The highest BCUT2D eigenvalue weighted by Gasteiger charge is 2.12. The Bertz CT molecular complexity index is 545. The van der Waals surface area contributed by atoms with Gasteiger partial charge < -0.3 is 29.3 Å². The molecule has 0 bridgehead atoms. The standard InChI is InChI=1S/C16H26N2O3.C2H2O4/c1-17-7-9-18(10-8-17)11-12-20-13-14-21-16-5-3-15(19-2)4-6-16;3-1(4)2(5)6/h3-6H,7-14H2,1-2H3;(H,3,4)(H,5,6). The Labute approximate surface area is 159 Å². The van der Waals surface area contributed by atoms with E-state index in [4.69, 9.17) is 34.0 Å². The lowest BCUT2D eigenvalue weighted by Crippen LogP contribution is -2.45. The van der Waals surface area contributed by atoms with Gasteiger partial charge in [-0.3, -0.25) is 4.90 Å². The van der Waals surface area contributed by atoms with Crippen LogP contribution in [0, 0.1) is 0 Å². The highest BCUT2D eigenvalue weighted by Crippen LogP contribution is 2.16. The molecule has 27 heavy (non-hydrogen) atoms. The largest absolute Gasteiger partial charge is 0.497 e. The van der Waals surface area contributed by atoms with Gasteiger partial charge in [-0.25, -0.2) is 9.59 Å². The number of hydrogen-bond acceptors (Lipinski definition) is 7. The number of likely N-dealkylation sites (N-methyl/N-ethyl adjacent to an activating group) is 1. The fourth-order valence-corrected chi connectivity index (χ4v) is 2.26. The van der Waals surface area contributed by atoms with Crippen molar-refractivity contribution in [3.05, 3.63) is 24.3 Å². The smallest absolute Gasteiger partial charge is 0.414 e. The Balaban J connectivity index is 0.000000527. The second kappa shape index (κ2) is 12.9. The summed E-state index contributed by atoms with van der Waals surface area (Å²) >= 11 is 0. The topological polar surface area (TPSA) is 109 Å². The Morgan fingerprint density at radius 3 is 2.00 bits per heavy atom. The SMILES string of the molecule is COc1ccc(OCCOCCN2CCN(C)CC2)cc1.O=C(O)C(=O)O. The molecule has 0 saturated carbocycles. The number of aliphatic carboxylic acids is 2. The van der Waals surface area contributed by atoms with E-state index < -0.39 is 11.9 Å². The molecule has 1 fully saturated rings. The molecular formula is C18H28N2O7. The van der Waals surface area contributed by atoms with E-state index in [1.54, 1.807) is 7.11 Å². The number of hydrogen-bond donors (Lipinski definition) is 2. The molecule has 0 aliphatic carbocycles. The minimum atomic E-state index is -1.82. The second-order valence-corrected chi connectivity index (χ2v) is 5.89. The van der Waals surface area contributed by atoms with Gasteiger partial charge in [0.2, 0.25) is 0 Å². The van der Waals surface area contributed by atoms with Gasteiger partial charge in [-0.2, -0.15) is 0 Å². The molecule has 2 rings (SSSR count). The Morgan fingerprint density at radius 1 is 0.926 bits per heavy atom. The van der Waals surface area contributed by atoms with Crippen molar-refractivity contribution in [3.8, 4) is 11.5 Å². The minimum Gasteiger partial charge on any atom is -0.497 e. The van der Waals surface area contributed by atoms with Crippen molar-refractivity contribution in [1.29, 1.82) is 0 Å². The Hall–Kier alpha value is -2.36. The fraction of sp³-hybridized carbons (Fsp3) is 0.556. The van der Waals surface area contributed by atoms with Crippen LogP contribution in [0.5, 0.6) is 11.5 Å². The Kier molecular flexibility index (Phi) is 10.8. The highest BCUT2D eigenvalue weighted by atomic mass is 16.5. The molecule has 1 heterocycles. The lowest BCUT2D eigenvalue weighted by atomic mass is 10.3. The first kappa shape index (κ1) is 22.7. The molecule has 1 aliphatic heterocycles. The third-order valence-electron chi connectivity index (χ3n) is 3.89. The van der Waals surface area contributed by atoms with Crippen LogP contribution in [0.1, 0.15) is 0 Å². The zero-order valence-corrected chi connectivity index (χ0v) is 15.8. The molecule has 1 aromatic carbocycles. The van der Waals surface area contributed by atoms with Crippen molar-refractivity contribution in [3.63, 3.8) is 0 Å². The molecule has 1 saturated heterocycles. The summed E-state index contributed by atoms with van der Waals surface area (Å²) in [5.74, 6) is -1.96. The van der Waals surface area contributed by atoms with E-state index in [-0.39, 0.29) is 0 Å². The molecule has 9 heteroatoms. The molecule has 0 radical (unpaired) electrons. The van der Waals surface area contributed by atoms with Gasteiger partial charge in [0, 0.05) is 32.7 Å². The lowest BCUT2D eigenvalue weighted by Gasteiger charge is -2.32. The second-order valence-electron chi connectivity index (χ2n) is 5.89. The molecule has 152 valence electrons. The summed E-state index contributed by atoms with van der Waals surface area (Å²) in [5, 5.41) is 14.8. The number of nitrogens with zero attached hydrogens (tertiary/aromatic N) is 2. The van der Waals surface area contributed by atoms with E-state index >= 15 is 0 Å². The van der Waals surface area contributed by atoms with E-state index in [1.165, 1.54) is 0 Å². The summed E-state index contributed by atoms with van der Waals surface area (Å²) in [5.41, 5.74) is 0. The van der Waals surface area contributed by atoms with E-state index in [1.807, 2.05) is 24.3 Å². The van der Waals surface area contributed by atoms with Crippen LogP contribution in [0.25, 0.3) is 0 Å². The van der Waals surface area contributed by atoms with Crippen molar-refractivity contribution >= 4 is 11.9 Å². The van der Waals surface area contributed by atoms with Crippen molar-refractivity contribution in [2.45, 2.75) is 0 Å². The first-order valence-corrected chi connectivity index (χ1v) is 8.64. The van der Waals surface area contributed by atoms with E-state index in [2.05, 4.69) is 16.8 Å². The minimum absolute atomic E-state index is 0.578. The molecule has 1 aliphatic rings. The van der Waals surface area contributed by atoms with E-state index in [9.17, 15) is 0 Å². The zero-order chi connectivity index (χ0) is 20.1. The first-order valence-electron chi connectivity index (χ1n) is 8.64. The molecule has 0 amide bonds. The maximum atomic E-state index is 9.10. The van der Waals surface area contributed by atoms with Crippen molar-refractivity contribution in [1.82, 2.24) is 9.80 Å². The zero-order valence-electron chi connectivity index (χ0n) is 15.8. The first-order chi connectivity index (χ1) is 12.9. The molecule has 2 N–H and O–H groups in total. The van der Waals surface area contributed by atoms with Gasteiger partial charge in [0.1, 0.15) is 18.1 Å². The van der Waals surface area contributed by atoms with Crippen LogP contribution < -0.4 is 9.47 Å². The van der Waals surface area contributed by atoms with Crippen molar-refractivity contribution < 1.29 is 34.0 Å². The molecule has 0 unspecified atom stereocenters. The van der Waals surface area contributed by atoms with E-state index in [0.717, 1.165) is 50.8 Å². The number of carbonyl (C=O) groups is 2. The van der Waals surface area contributed by atoms with Crippen LogP contribution in [0.2, 0.25) is 0 Å². The lowest BCUT2D eigenvalue weighted by molar-refractivity contribution is -0.159. The average molecular weight is 384 g/mol. The predicted octanol–water partition coefficient (Wildman–Crippen LogP) is 0.494. The summed E-state index contributed by atoms with van der Waals surface area (Å²) in [7, 11) is 3.83. The summed E-state index contributed by atoms with van der Waals surface area (Å²) < 4.78 is 16.3. The summed E-state index contributed by atoms with van der Waals surface area (Å²) in [6, 6.07) is 7.60. The summed E-state index contributed by atoms with van der Waals surface area (Å²) in [4.78, 5) is 23.0. The van der Waals surface area contributed by atoms with E-state index in [0.29, 0.717) is 13.2 Å². The molecule has 0 aromatic heterocycles. The van der Waals surface area contributed by atoms with Gasteiger partial charge in [-0.15, -0.1) is 0 Å². The van der Waals surface area contributed by atoms with Gasteiger partial charge in [0.15, 0.2) is 0 Å². The Morgan fingerprint density at radius 2 is 1.48 bits per heavy atom. The van der Waals surface area contributed by atoms with Crippen molar-refractivity contribution in [2.75, 3.05) is 66.7 Å². The number of benzene rings is 1. The number of ether oxygens (including phenoxy) is 3. The molecule has 1 aromatic rings. The number of carboxylic acid groups (broad SMARTS) is 2. The van der Waals surface area contributed by atoms with Crippen LogP contribution in [0.3, 0.4) is 0 Å². The quantitative estimate of drug-likeness (QED) is 0.489. The highest BCUT2D eigenvalue weighted by molar-refractivity contribution is 6.27. The normalized spacial score (nSPS) is 14.7. The van der Waals surface area contributed by atoms with Crippen molar-refractivity contribution in [2.24, 2.45) is 0 Å². The number of piperazine rings is 1. The number of rotatable bonds is 8. The third kappa shape index (κ3) is 10.4. The van der Waals surface area contributed by atoms with Gasteiger partial charge in [0.05, 0.1) is 20.3 Å². The van der Waals surface area contributed by atoms with Crippen LogP contribution in [0.15, 0.2) is 24.3 Å². The monoisotopic (exact) mass is 384 g/mol. The fourth-order valence-electron chi connectivity index (χ4n) is 2.26. The van der Waals surface area contributed by atoms with Crippen LogP contribution >= 0.6 is 0 Å². The van der Waals surface area contributed by atoms with Crippen LogP contribution in [-0.2, 0) is 14.3 Å². The number of carboxylic acids is 2. The molecule has 0 atom stereocenters. The molecule has 0 spiro atoms. The third-order valence-corrected chi connectivity index (χ3v) is 3.89. The molecular weight excluding hydrogens is 356 g/mol. The van der Waals surface area contributed by atoms with Gasteiger partial charge in [-0.05, 0) is 31.3 Å². The summed E-state index contributed by atoms with van der Waals surface area (Å²) in [6.45, 7) is 7.58. The molecule has 9 nitrogen and oxygen atoms in total. The maximum absolute atomic E-state index is 9.10. The van der Waals surface area contributed by atoms with Crippen LogP contribution in [-0.4, -0.2) is 98.7 Å². The average Bonchev–Trinajstić information content (AvgIpc) is 2.67. The maximum Gasteiger partial charge on any atom is 0.414 e. The van der Waals surface area contributed by atoms with Gasteiger partial charge in [0.25, 0.3) is 0 Å². The van der Waals surface area contributed by atoms with Crippen LogP contribution in [0.4, 0.5) is 0 Å².